The number of hydrogen-bond acceptors (Lipinski definition) is 6. The fourth-order valence-electron chi connectivity index (χ4n) is 2.97. The van der Waals surface area contributed by atoms with E-state index in [0.29, 0.717) is 11.1 Å². The molecule has 2 amide bonds. The molecule has 8 heteroatoms. The summed E-state index contributed by atoms with van der Waals surface area (Å²) >= 11 is 0. The van der Waals surface area contributed by atoms with Crippen LogP contribution in [0.4, 0.5) is 4.79 Å². The number of benzene rings is 1. The van der Waals surface area contributed by atoms with E-state index < -0.39 is 35.2 Å². The number of esters is 1. The molecule has 2 rings (SSSR count). The van der Waals surface area contributed by atoms with Crippen molar-refractivity contribution < 1.29 is 28.7 Å². The highest BCUT2D eigenvalue weighted by molar-refractivity contribution is 5.97. The SMILES string of the molecule is COC(=O)C(NC(=O)c1ccc(C#CC#C[C@@H]2C[C@H]2C=O)cc1)C(C)(C)NC(=O)OC(C)(C)C. The summed E-state index contributed by atoms with van der Waals surface area (Å²) in [5.41, 5.74) is -0.981. The highest BCUT2D eigenvalue weighted by Crippen LogP contribution is 2.35. The lowest BCUT2D eigenvalue weighted by molar-refractivity contribution is -0.144. The van der Waals surface area contributed by atoms with Gasteiger partial charge in [0.25, 0.3) is 5.91 Å². The lowest BCUT2D eigenvalue weighted by atomic mass is 9.94. The Hall–Kier alpha value is -3.78. The molecule has 1 aliphatic carbocycles. The number of amides is 2. The highest BCUT2D eigenvalue weighted by Gasteiger charge is 2.40. The van der Waals surface area contributed by atoms with Crippen molar-refractivity contribution in [3.05, 3.63) is 35.4 Å². The molecular weight excluding hydrogens is 436 g/mol. The summed E-state index contributed by atoms with van der Waals surface area (Å²) in [6, 6.07) is 5.28. The zero-order valence-corrected chi connectivity index (χ0v) is 20.3. The van der Waals surface area contributed by atoms with E-state index in [4.69, 9.17) is 9.47 Å². The lowest BCUT2D eigenvalue weighted by Crippen LogP contribution is -2.62. The van der Waals surface area contributed by atoms with Gasteiger partial charge in [0.1, 0.15) is 17.9 Å². The van der Waals surface area contributed by atoms with Crippen molar-refractivity contribution >= 4 is 24.3 Å². The number of carbonyl (C=O) groups is 4. The first-order valence-corrected chi connectivity index (χ1v) is 10.8. The number of rotatable bonds is 6. The van der Waals surface area contributed by atoms with Gasteiger partial charge in [-0.1, -0.05) is 11.8 Å². The normalized spacial score (nSPS) is 17.5. The molecule has 180 valence electrons. The van der Waals surface area contributed by atoms with Gasteiger partial charge in [-0.05, 0) is 77.1 Å². The molecule has 0 aliphatic heterocycles. The van der Waals surface area contributed by atoms with Crippen molar-refractivity contribution in [3.63, 3.8) is 0 Å². The van der Waals surface area contributed by atoms with Gasteiger partial charge < -0.3 is 24.9 Å². The van der Waals surface area contributed by atoms with Crippen LogP contribution < -0.4 is 10.6 Å². The summed E-state index contributed by atoms with van der Waals surface area (Å²) in [6.07, 6.45) is 0.976. The maximum Gasteiger partial charge on any atom is 0.408 e. The van der Waals surface area contributed by atoms with Crippen LogP contribution in [0.25, 0.3) is 0 Å². The van der Waals surface area contributed by atoms with Crippen molar-refractivity contribution in [3.8, 4) is 23.7 Å². The minimum Gasteiger partial charge on any atom is -0.467 e. The van der Waals surface area contributed by atoms with E-state index in [2.05, 4.69) is 34.3 Å². The van der Waals surface area contributed by atoms with Crippen LogP contribution in [0, 0.1) is 35.5 Å². The van der Waals surface area contributed by atoms with Crippen LogP contribution in [-0.2, 0) is 19.1 Å². The number of alkyl carbamates (subject to hydrolysis) is 1. The maximum absolute atomic E-state index is 12.8. The van der Waals surface area contributed by atoms with Gasteiger partial charge in [0.05, 0.1) is 12.6 Å². The molecule has 0 radical (unpaired) electrons. The molecule has 1 unspecified atom stereocenters. The number of nitrogens with one attached hydrogen (secondary N) is 2. The smallest absolute Gasteiger partial charge is 0.408 e. The molecule has 0 spiro atoms. The van der Waals surface area contributed by atoms with Crippen molar-refractivity contribution in [1.82, 2.24) is 10.6 Å². The number of hydrogen-bond donors (Lipinski definition) is 2. The van der Waals surface area contributed by atoms with Gasteiger partial charge in [-0.25, -0.2) is 9.59 Å². The van der Waals surface area contributed by atoms with Crippen molar-refractivity contribution in [2.24, 2.45) is 11.8 Å². The third-order valence-corrected chi connectivity index (χ3v) is 4.95. The predicted octanol–water partition coefficient (Wildman–Crippen LogP) is 2.45. The van der Waals surface area contributed by atoms with E-state index in [1.54, 1.807) is 58.9 Å². The molecule has 34 heavy (non-hydrogen) atoms. The Balaban J connectivity index is 2.07. The van der Waals surface area contributed by atoms with Crippen LogP contribution in [0.2, 0.25) is 0 Å². The molecule has 2 N–H and O–H groups in total. The van der Waals surface area contributed by atoms with Crippen LogP contribution >= 0.6 is 0 Å². The van der Waals surface area contributed by atoms with Crippen molar-refractivity contribution in [1.29, 1.82) is 0 Å². The van der Waals surface area contributed by atoms with E-state index in [0.717, 1.165) is 12.7 Å². The molecule has 0 saturated heterocycles. The number of carbonyl (C=O) groups excluding carboxylic acids is 4. The molecule has 1 aliphatic rings. The summed E-state index contributed by atoms with van der Waals surface area (Å²) < 4.78 is 10.1. The predicted molar refractivity (Wildman–Crippen MR) is 125 cm³/mol. The quantitative estimate of drug-likeness (QED) is 0.379. The Morgan fingerprint density at radius 3 is 2.26 bits per heavy atom. The average Bonchev–Trinajstić information content (AvgIpc) is 3.51. The van der Waals surface area contributed by atoms with Crippen LogP contribution in [0.15, 0.2) is 24.3 Å². The minimum atomic E-state index is -1.21. The van der Waals surface area contributed by atoms with Crippen LogP contribution in [0.5, 0.6) is 0 Å². The van der Waals surface area contributed by atoms with E-state index >= 15 is 0 Å². The fourth-order valence-corrected chi connectivity index (χ4v) is 2.97. The molecule has 1 aromatic carbocycles. The lowest BCUT2D eigenvalue weighted by Gasteiger charge is -2.34. The van der Waals surface area contributed by atoms with Gasteiger partial charge in [-0.15, -0.1) is 0 Å². The van der Waals surface area contributed by atoms with E-state index in [1.165, 1.54) is 7.11 Å². The van der Waals surface area contributed by atoms with E-state index in [9.17, 15) is 19.2 Å². The fraction of sp³-hybridized carbons (Fsp3) is 0.462. The second-order valence-electron chi connectivity index (χ2n) is 9.52. The Morgan fingerprint density at radius 2 is 1.74 bits per heavy atom. The summed E-state index contributed by atoms with van der Waals surface area (Å²) in [5.74, 6) is 10.2. The largest absolute Gasteiger partial charge is 0.467 e. The Morgan fingerprint density at radius 1 is 1.09 bits per heavy atom. The standard InChI is InChI=1S/C26H30N2O6/c1-25(2,3)34-24(32)28-26(4,5)21(23(31)33-6)27-22(30)18-13-11-17(12-14-18)9-7-8-10-19-15-20(19)16-29/h11-14,16,19-21H,15H2,1-6H3,(H,27,30)(H,28,32)/t19-,20+,21?/m1/s1. The van der Waals surface area contributed by atoms with E-state index in [1.807, 2.05) is 0 Å². The Kier molecular flexibility index (Phi) is 8.48. The second kappa shape index (κ2) is 10.9. The summed E-state index contributed by atoms with van der Waals surface area (Å²) in [6.45, 7) is 8.32. The van der Waals surface area contributed by atoms with E-state index in [-0.39, 0.29) is 11.8 Å². The molecule has 0 heterocycles. The molecule has 1 fully saturated rings. The van der Waals surface area contributed by atoms with Gasteiger partial charge in [0, 0.05) is 23.0 Å². The van der Waals surface area contributed by atoms with Crippen LogP contribution in [0.1, 0.15) is 57.0 Å². The molecule has 1 saturated carbocycles. The number of methoxy groups -OCH3 is 1. The zero-order valence-electron chi connectivity index (χ0n) is 20.3. The van der Waals surface area contributed by atoms with Gasteiger partial charge in [0.15, 0.2) is 0 Å². The van der Waals surface area contributed by atoms with Gasteiger partial charge in [0.2, 0.25) is 0 Å². The Labute approximate surface area is 200 Å². The summed E-state index contributed by atoms with van der Waals surface area (Å²) in [4.78, 5) is 48.0. The summed E-state index contributed by atoms with van der Waals surface area (Å²) in [7, 11) is 1.20. The van der Waals surface area contributed by atoms with Gasteiger partial charge >= 0.3 is 12.1 Å². The third-order valence-electron chi connectivity index (χ3n) is 4.95. The molecule has 1 aromatic rings. The zero-order chi connectivity index (χ0) is 25.5. The highest BCUT2D eigenvalue weighted by atomic mass is 16.6. The minimum absolute atomic E-state index is 0.0326. The first-order chi connectivity index (χ1) is 15.9. The van der Waals surface area contributed by atoms with Crippen molar-refractivity contribution in [2.75, 3.05) is 7.11 Å². The second-order valence-corrected chi connectivity index (χ2v) is 9.52. The number of ether oxygens (including phenoxy) is 2. The Bertz CT molecular complexity index is 1060. The number of aldehydes is 1. The van der Waals surface area contributed by atoms with Crippen molar-refractivity contribution in [2.45, 2.75) is 58.2 Å². The van der Waals surface area contributed by atoms with Gasteiger partial charge in [-0.2, -0.15) is 0 Å². The van der Waals surface area contributed by atoms with Crippen LogP contribution in [0.3, 0.4) is 0 Å². The molecular formula is C26H30N2O6. The molecule has 0 bridgehead atoms. The van der Waals surface area contributed by atoms with Gasteiger partial charge in [-0.3, -0.25) is 4.79 Å². The average molecular weight is 467 g/mol. The topological polar surface area (TPSA) is 111 Å². The molecule has 0 aromatic heterocycles. The third kappa shape index (κ3) is 7.97. The first kappa shape index (κ1) is 26.5. The summed E-state index contributed by atoms with van der Waals surface area (Å²) in [5, 5.41) is 5.24. The molecule has 3 atom stereocenters. The molecule has 8 nitrogen and oxygen atoms in total. The first-order valence-electron chi connectivity index (χ1n) is 10.8. The van der Waals surface area contributed by atoms with Crippen LogP contribution in [-0.4, -0.2) is 48.5 Å². The monoisotopic (exact) mass is 466 g/mol. The maximum atomic E-state index is 12.8.